The summed E-state index contributed by atoms with van der Waals surface area (Å²) < 4.78 is 33.6. The SMILES string of the molecule is CC(C)(NC(=O)OCc1ccccc1)c1cc(Cl)nc(-c2ccc(F)cc2)c1F. The Bertz CT molecular complexity index is 1010. The maximum absolute atomic E-state index is 15.2. The van der Waals surface area contributed by atoms with Gasteiger partial charge in [0.15, 0.2) is 5.82 Å². The van der Waals surface area contributed by atoms with Crippen LogP contribution in [-0.2, 0) is 16.9 Å². The lowest BCUT2D eigenvalue weighted by Crippen LogP contribution is -2.42. The normalized spacial score (nSPS) is 11.2. The van der Waals surface area contributed by atoms with Gasteiger partial charge in [0.2, 0.25) is 0 Å². The van der Waals surface area contributed by atoms with Crippen LogP contribution in [0.5, 0.6) is 0 Å². The van der Waals surface area contributed by atoms with E-state index in [1.807, 2.05) is 30.3 Å². The van der Waals surface area contributed by atoms with Gasteiger partial charge in [-0.15, -0.1) is 0 Å². The second-order valence-electron chi connectivity index (χ2n) is 6.97. The van der Waals surface area contributed by atoms with E-state index in [9.17, 15) is 9.18 Å². The second-order valence-corrected chi connectivity index (χ2v) is 7.36. The molecule has 0 radical (unpaired) electrons. The molecular weight excluding hydrogens is 398 g/mol. The second kappa shape index (κ2) is 8.57. The molecule has 3 rings (SSSR count). The summed E-state index contributed by atoms with van der Waals surface area (Å²) in [7, 11) is 0. The van der Waals surface area contributed by atoms with Crippen molar-refractivity contribution in [3.05, 3.63) is 88.6 Å². The third-order valence-corrected chi connectivity index (χ3v) is 4.54. The van der Waals surface area contributed by atoms with Gasteiger partial charge < -0.3 is 10.1 Å². The topological polar surface area (TPSA) is 51.2 Å². The number of ether oxygens (including phenoxy) is 1. The highest BCUT2D eigenvalue weighted by Gasteiger charge is 2.30. The third-order valence-electron chi connectivity index (χ3n) is 4.34. The summed E-state index contributed by atoms with van der Waals surface area (Å²) in [6, 6.07) is 15.8. The van der Waals surface area contributed by atoms with Gasteiger partial charge in [0.05, 0.1) is 5.54 Å². The molecule has 0 spiro atoms. The highest BCUT2D eigenvalue weighted by molar-refractivity contribution is 6.29. The number of amides is 1. The van der Waals surface area contributed by atoms with Crippen molar-refractivity contribution < 1.29 is 18.3 Å². The fourth-order valence-electron chi connectivity index (χ4n) is 2.83. The van der Waals surface area contributed by atoms with Gasteiger partial charge in [-0.2, -0.15) is 0 Å². The van der Waals surface area contributed by atoms with E-state index in [0.29, 0.717) is 5.56 Å². The van der Waals surface area contributed by atoms with Crippen LogP contribution in [0.1, 0.15) is 25.0 Å². The van der Waals surface area contributed by atoms with E-state index in [1.165, 1.54) is 30.3 Å². The molecule has 2 aromatic carbocycles. The van der Waals surface area contributed by atoms with Crippen LogP contribution in [0.15, 0.2) is 60.7 Å². The zero-order valence-corrected chi connectivity index (χ0v) is 16.6. The van der Waals surface area contributed by atoms with E-state index < -0.39 is 23.3 Å². The largest absolute Gasteiger partial charge is 0.445 e. The fraction of sp³-hybridized carbons (Fsp3) is 0.182. The molecule has 0 unspecified atom stereocenters. The Hall–Kier alpha value is -2.99. The first kappa shape index (κ1) is 20.7. The van der Waals surface area contributed by atoms with Crippen molar-refractivity contribution in [2.75, 3.05) is 0 Å². The average Bonchev–Trinajstić information content (AvgIpc) is 2.69. The van der Waals surface area contributed by atoms with Crippen molar-refractivity contribution in [2.45, 2.75) is 26.0 Å². The Labute approximate surface area is 172 Å². The summed E-state index contributed by atoms with van der Waals surface area (Å²) >= 11 is 6.09. The zero-order valence-electron chi connectivity index (χ0n) is 15.9. The summed E-state index contributed by atoms with van der Waals surface area (Å²) in [6.45, 7) is 3.34. The Morgan fingerprint density at radius 2 is 1.76 bits per heavy atom. The van der Waals surface area contributed by atoms with E-state index in [1.54, 1.807) is 13.8 Å². The fourth-order valence-corrected chi connectivity index (χ4v) is 3.03. The molecule has 7 heteroatoms. The summed E-state index contributed by atoms with van der Waals surface area (Å²) in [4.78, 5) is 16.3. The van der Waals surface area contributed by atoms with Crippen molar-refractivity contribution in [3.8, 4) is 11.3 Å². The van der Waals surface area contributed by atoms with Crippen molar-refractivity contribution in [3.63, 3.8) is 0 Å². The highest BCUT2D eigenvalue weighted by Crippen LogP contribution is 2.32. The zero-order chi connectivity index (χ0) is 21.0. The molecule has 4 nitrogen and oxygen atoms in total. The first-order valence-corrected chi connectivity index (χ1v) is 9.25. The number of rotatable bonds is 5. The Balaban J connectivity index is 1.82. The summed E-state index contributed by atoms with van der Waals surface area (Å²) in [5, 5.41) is 2.70. The molecular formula is C22H19ClF2N2O2. The van der Waals surface area contributed by atoms with Gasteiger partial charge in [0, 0.05) is 11.1 Å². The molecule has 1 aromatic heterocycles. The van der Waals surface area contributed by atoms with Crippen LogP contribution in [0.2, 0.25) is 5.15 Å². The van der Waals surface area contributed by atoms with E-state index in [0.717, 1.165) is 5.56 Å². The number of nitrogens with zero attached hydrogens (tertiary/aromatic N) is 1. The predicted molar refractivity (Wildman–Crippen MR) is 107 cm³/mol. The number of benzene rings is 2. The van der Waals surface area contributed by atoms with E-state index in [-0.39, 0.29) is 23.0 Å². The van der Waals surface area contributed by atoms with Gasteiger partial charge in [0.25, 0.3) is 0 Å². The van der Waals surface area contributed by atoms with E-state index >= 15 is 4.39 Å². The third kappa shape index (κ3) is 5.09. The van der Waals surface area contributed by atoms with Crippen molar-refractivity contribution in [2.24, 2.45) is 0 Å². The molecule has 3 aromatic rings. The lowest BCUT2D eigenvalue weighted by atomic mass is 9.93. The molecule has 0 bridgehead atoms. The van der Waals surface area contributed by atoms with Crippen LogP contribution in [-0.4, -0.2) is 11.1 Å². The average molecular weight is 417 g/mol. The van der Waals surface area contributed by atoms with Gasteiger partial charge in [-0.05, 0) is 49.7 Å². The van der Waals surface area contributed by atoms with Crippen LogP contribution in [0, 0.1) is 11.6 Å². The molecule has 1 N–H and O–H groups in total. The first-order chi connectivity index (χ1) is 13.8. The molecule has 0 saturated carbocycles. The summed E-state index contributed by atoms with van der Waals surface area (Å²) in [5.74, 6) is -1.10. The molecule has 1 heterocycles. The number of hydrogen-bond donors (Lipinski definition) is 1. The molecule has 0 fully saturated rings. The molecule has 0 aliphatic heterocycles. The number of pyridine rings is 1. The minimum Gasteiger partial charge on any atom is -0.445 e. The minimum absolute atomic E-state index is 0.0278. The van der Waals surface area contributed by atoms with Gasteiger partial charge in [-0.25, -0.2) is 18.6 Å². The summed E-state index contributed by atoms with van der Waals surface area (Å²) in [6.07, 6.45) is -0.700. The minimum atomic E-state index is -1.14. The van der Waals surface area contributed by atoms with Gasteiger partial charge in [-0.3, -0.25) is 0 Å². The predicted octanol–water partition coefficient (Wildman–Crippen LogP) is 5.84. The van der Waals surface area contributed by atoms with Crippen molar-refractivity contribution in [1.29, 1.82) is 0 Å². The van der Waals surface area contributed by atoms with Crippen LogP contribution in [0.25, 0.3) is 11.3 Å². The number of carbonyl (C=O) groups excluding carboxylic acids is 1. The lowest BCUT2D eigenvalue weighted by Gasteiger charge is -2.27. The summed E-state index contributed by atoms with van der Waals surface area (Å²) in [5.41, 5.74) is 0.167. The molecule has 150 valence electrons. The monoisotopic (exact) mass is 416 g/mol. The standard InChI is InChI=1S/C22H19ClF2N2O2/c1-22(2,27-21(28)29-13-14-6-4-3-5-7-14)17-12-18(23)26-20(19(17)25)15-8-10-16(24)11-9-15/h3-12H,13H2,1-2H3,(H,27,28). The lowest BCUT2D eigenvalue weighted by molar-refractivity contribution is 0.129. The first-order valence-electron chi connectivity index (χ1n) is 8.87. The maximum atomic E-state index is 15.2. The molecule has 0 saturated heterocycles. The maximum Gasteiger partial charge on any atom is 0.408 e. The van der Waals surface area contributed by atoms with Crippen LogP contribution in [0.3, 0.4) is 0 Å². The number of hydrogen-bond acceptors (Lipinski definition) is 3. The van der Waals surface area contributed by atoms with Crippen LogP contribution >= 0.6 is 11.6 Å². The Kier molecular flexibility index (Phi) is 6.13. The van der Waals surface area contributed by atoms with Gasteiger partial charge in [0.1, 0.15) is 23.3 Å². The van der Waals surface area contributed by atoms with E-state index in [4.69, 9.17) is 16.3 Å². The molecule has 0 atom stereocenters. The van der Waals surface area contributed by atoms with Gasteiger partial charge in [-0.1, -0.05) is 41.9 Å². The quantitative estimate of drug-likeness (QED) is 0.531. The number of carbonyl (C=O) groups is 1. The highest BCUT2D eigenvalue weighted by atomic mass is 35.5. The molecule has 29 heavy (non-hydrogen) atoms. The molecule has 1 amide bonds. The van der Waals surface area contributed by atoms with Crippen molar-refractivity contribution in [1.82, 2.24) is 10.3 Å². The number of nitrogens with one attached hydrogen (secondary N) is 1. The Morgan fingerprint density at radius 3 is 2.41 bits per heavy atom. The Morgan fingerprint density at radius 1 is 1.10 bits per heavy atom. The molecule has 0 aliphatic rings. The van der Waals surface area contributed by atoms with E-state index in [2.05, 4.69) is 10.3 Å². The number of alkyl carbamates (subject to hydrolysis) is 1. The number of halogens is 3. The van der Waals surface area contributed by atoms with Crippen molar-refractivity contribution >= 4 is 17.7 Å². The van der Waals surface area contributed by atoms with Crippen LogP contribution < -0.4 is 5.32 Å². The van der Waals surface area contributed by atoms with Gasteiger partial charge >= 0.3 is 6.09 Å². The number of aromatic nitrogens is 1. The smallest absolute Gasteiger partial charge is 0.408 e. The van der Waals surface area contributed by atoms with Crippen LogP contribution in [0.4, 0.5) is 13.6 Å². The molecule has 0 aliphatic carbocycles.